The Labute approximate surface area is 85.5 Å². The molecule has 3 nitrogen and oxygen atoms in total. The van der Waals surface area contributed by atoms with Crippen molar-refractivity contribution in [2.24, 2.45) is 5.73 Å². The molecule has 0 radical (unpaired) electrons. The van der Waals surface area contributed by atoms with Gasteiger partial charge >= 0.3 is 0 Å². The molecule has 0 spiro atoms. The van der Waals surface area contributed by atoms with Gasteiger partial charge in [0.25, 0.3) is 5.91 Å². The molecule has 0 unspecified atom stereocenters. The minimum absolute atomic E-state index is 0.415. The lowest BCUT2D eigenvalue weighted by Crippen LogP contribution is -2.14. The van der Waals surface area contributed by atoms with Crippen LogP contribution in [0.1, 0.15) is 21.5 Å². The SMILES string of the molecule is Cc1c(CCBr)cncc1C(N)=O. The Morgan fingerprint density at radius 3 is 2.85 bits per heavy atom. The predicted octanol–water partition coefficient (Wildman–Crippen LogP) is 1.43. The molecule has 0 bridgehead atoms. The lowest BCUT2D eigenvalue weighted by Gasteiger charge is -2.06. The number of hydrogen-bond donors (Lipinski definition) is 1. The summed E-state index contributed by atoms with van der Waals surface area (Å²) >= 11 is 3.34. The van der Waals surface area contributed by atoms with E-state index in [0.717, 1.165) is 22.9 Å². The maximum Gasteiger partial charge on any atom is 0.250 e. The van der Waals surface area contributed by atoms with E-state index in [2.05, 4.69) is 20.9 Å². The largest absolute Gasteiger partial charge is 0.366 e. The van der Waals surface area contributed by atoms with E-state index in [1.54, 1.807) is 6.20 Å². The van der Waals surface area contributed by atoms with E-state index >= 15 is 0 Å². The van der Waals surface area contributed by atoms with Gasteiger partial charge in [0, 0.05) is 17.7 Å². The Morgan fingerprint density at radius 1 is 1.62 bits per heavy atom. The van der Waals surface area contributed by atoms with E-state index in [1.807, 2.05) is 6.92 Å². The summed E-state index contributed by atoms with van der Waals surface area (Å²) in [6, 6.07) is 0. The van der Waals surface area contributed by atoms with Gasteiger partial charge in [-0.15, -0.1) is 0 Å². The Bertz CT molecular complexity index is 325. The molecule has 0 saturated carbocycles. The zero-order valence-corrected chi connectivity index (χ0v) is 8.97. The number of nitrogens with zero attached hydrogens (tertiary/aromatic N) is 1. The molecule has 0 aliphatic rings. The smallest absolute Gasteiger partial charge is 0.250 e. The van der Waals surface area contributed by atoms with Crippen LogP contribution in [0.15, 0.2) is 12.4 Å². The van der Waals surface area contributed by atoms with Crippen LogP contribution in [0.4, 0.5) is 0 Å². The molecule has 70 valence electrons. The maximum absolute atomic E-state index is 10.9. The van der Waals surface area contributed by atoms with Crippen LogP contribution >= 0.6 is 15.9 Å². The first-order chi connectivity index (χ1) is 6.16. The average Bonchev–Trinajstić information content (AvgIpc) is 2.08. The summed E-state index contributed by atoms with van der Waals surface area (Å²) in [6.45, 7) is 1.89. The first kappa shape index (κ1) is 10.2. The summed E-state index contributed by atoms with van der Waals surface area (Å²) in [4.78, 5) is 14.9. The minimum atomic E-state index is -0.415. The fourth-order valence-corrected chi connectivity index (χ4v) is 1.60. The monoisotopic (exact) mass is 242 g/mol. The first-order valence-electron chi connectivity index (χ1n) is 3.96. The highest BCUT2D eigenvalue weighted by molar-refractivity contribution is 9.09. The Hall–Kier alpha value is -0.900. The van der Waals surface area contributed by atoms with Gasteiger partial charge in [0.1, 0.15) is 0 Å². The Balaban J connectivity index is 3.10. The fraction of sp³-hybridized carbons (Fsp3) is 0.333. The zero-order chi connectivity index (χ0) is 9.84. The van der Waals surface area contributed by atoms with Crippen molar-refractivity contribution in [3.05, 3.63) is 29.1 Å². The maximum atomic E-state index is 10.9. The minimum Gasteiger partial charge on any atom is -0.366 e. The number of halogens is 1. The number of alkyl halides is 1. The number of aromatic nitrogens is 1. The molecule has 2 N–H and O–H groups in total. The summed E-state index contributed by atoms with van der Waals surface area (Å²) < 4.78 is 0. The third kappa shape index (κ3) is 2.28. The van der Waals surface area contributed by atoms with Gasteiger partial charge in [-0.1, -0.05) is 15.9 Å². The van der Waals surface area contributed by atoms with Gasteiger partial charge in [-0.05, 0) is 24.5 Å². The molecule has 1 aromatic rings. The molecular formula is C9H11BrN2O. The second kappa shape index (κ2) is 4.37. The lowest BCUT2D eigenvalue weighted by atomic mass is 10.0. The van der Waals surface area contributed by atoms with E-state index in [9.17, 15) is 4.79 Å². The van der Waals surface area contributed by atoms with Crippen molar-refractivity contribution in [3.63, 3.8) is 0 Å². The molecule has 0 saturated heterocycles. The van der Waals surface area contributed by atoms with Crippen LogP contribution in [0.5, 0.6) is 0 Å². The molecule has 1 rings (SSSR count). The lowest BCUT2D eigenvalue weighted by molar-refractivity contribution is 0.0999. The summed E-state index contributed by atoms with van der Waals surface area (Å²) in [6.07, 6.45) is 4.14. The summed E-state index contributed by atoms with van der Waals surface area (Å²) in [5, 5.41) is 0.859. The number of carbonyl (C=O) groups is 1. The summed E-state index contributed by atoms with van der Waals surface area (Å²) in [5.41, 5.74) is 7.70. The van der Waals surface area contributed by atoms with Gasteiger partial charge in [-0.25, -0.2) is 0 Å². The molecule has 13 heavy (non-hydrogen) atoms. The first-order valence-corrected chi connectivity index (χ1v) is 5.08. The topological polar surface area (TPSA) is 56.0 Å². The standard InChI is InChI=1S/C9H11BrN2O/c1-6-7(2-3-10)4-12-5-8(6)9(11)13/h4-5H,2-3H2,1H3,(H2,11,13). The van der Waals surface area contributed by atoms with Crippen molar-refractivity contribution in [1.29, 1.82) is 0 Å². The highest BCUT2D eigenvalue weighted by atomic mass is 79.9. The van der Waals surface area contributed by atoms with Gasteiger partial charge < -0.3 is 5.73 Å². The highest BCUT2D eigenvalue weighted by Gasteiger charge is 2.08. The van der Waals surface area contributed by atoms with Crippen molar-refractivity contribution in [3.8, 4) is 0 Å². The van der Waals surface area contributed by atoms with Gasteiger partial charge in [0.15, 0.2) is 0 Å². The van der Waals surface area contributed by atoms with Gasteiger partial charge in [-0.3, -0.25) is 9.78 Å². The Morgan fingerprint density at radius 2 is 2.31 bits per heavy atom. The number of amides is 1. The second-order valence-corrected chi connectivity index (χ2v) is 3.57. The molecule has 0 fully saturated rings. The average molecular weight is 243 g/mol. The van der Waals surface area contributed by atoms with Crippen LogP contribution in [0.25, 0.3) is 0 Å². The number of primary amides is 1. The van der Waals surface area contributed by atoms with E-state index in [4.69, 9.17) is 5.73 Å². The van der Waals surface area contributed by atoms with Crippen molar-refractivity contribution in [2.45, 2.75) is 13.3 Å². The van der Waals surface area contributed by atoms with Gasteiger partial charge in [-0.2, -0.15) is 0 Å². The quantitative estimate of drug-likeness (QED) is 0.816. The summed E-state index contributed by atoms with van der Waals surface area (Å²) in [7, 11) is 0. The van der Waals surface area contributed by atoms with E-state index < -0.39 is 5.91 Å². The third-order valence-corrected chi connectivity index (χ3v) is 2.35. The van der Waals surface area contributed by atoms with Crippen LogP contribution in [-0.2, 0) is 6.42 Å². The van der Waals surface area contributed by atoms with Crippen LogP contribution in [-0.4, -0.2) is 16.2 Å². The van der Waals surface area contributed by atoms with Crippen molar-refractivity contribution in [1.82, 2.24) is 4.98 Å². The third-order valence-electron chi connectivity index (χ3n) is 1.95. The molecule has 0 aliphatic heterocycles. The molecule has 1 aromatic heterocycles. The normalized spacial score (nSPS) is 10.0. The molecule has 1 heterocycles. The van der Waals surface area contributed by atoms with Crippen LogP contribution in [0.2, 0.25) is 0 Å². The molecule has 4 heteroatoms. The highest BCUT2D eigenvalue weighted by Crippen LogP contribution is 2.12. The number of carbonyl (C=O) groups excluding carboxylic acids is 1. The Kier molecular flexibility index (Phi) is 3.42. The number of nitrogens with two attached hydrogens (primary N) is 1. The predicted molar refractivity (Wildman–Crippen MR) is 55.0 cm³/mol. The van der Waals surface area contributed by atoms with Crippen molar-refractivity contribution in [2.75, 3.05) is 5.33 Å². The molecule has 0 aliphatic carbocycles. The number of rotatable bonds is 3. The van der Waals surface area contributed by atoms with Crippen molar-refractivity contribution < 1.29 is 4.79 Å². The van der Waals surface area contributed by atoms with Crippen LogP contribution in [0, 0.1) is 6.92 Å². The summed E-state index contributed by atoms with van der Waals surface area (Å²) in [5.74, 6) is -0.415. The van der Waals surface area contributed by atoms with E-state index in [1.165, 1.54) is 6.20 Å². The zero-order valence-electron chi connectivity index (χ0n) is 7.38. The van der Waals surface area contributed by atoms with Gasteiger partial charge in [0.05, 0.1) is 5.56 Å². The van der Waals surface area contributed by atoms with Crippen LogP contribution < -0.4 is 5.73 Å². The molecule has 0 atom stereocenters. The number of pyridine rings is 1. The van der Waals surface area contributed by atoms with E-state index in [-0.39, 0.29) is 0 Å². The molecule has 1 amide bonds. The van der Waals surface area contributed by atoms with Crippen molar-refractivity contribution >= 4 is 21.8 Å². The molecule has 0 aromatic carbocycles. The second-order valence-electron chi connectivity index (χ2n) is 2.77. The fourth-order valence-electron chi connectivity index (χ4n) is 1.17. The van der Waals surface area contributed by atoms with Crippen LogP contribution in [0.3, 0.4) is 0 Å². The molecular weight excluding hydrogens is 232 g/mol. The van der Waals surface area contributed by atoms with Gasteiger partial charge in [0.2, 0.25) is 0 Å². The number of hydrogen-bond acceptors (Lipinski definition) is 2. The number of aryl methyl sites for hydroxylation is 1. The van der Waals surface area contributed by atoms with E-state index in [0.29, 0.717) is 5.56 Å².